The predicted molar refractivity (Wildman–Crippen MR) is 54.1 cm³/mol. The van der Waals surface area contributed by atoms with Crippen molar-refractivity contribution in [3.63, 3.8) is 0 Å². The molecule has 1 fully saturated rings. The molecule has 1 aliphatic heterocycles. The van der Waals surface area contributed by atoms with Crippen LogP contribution in [-0.2, 0) is 0 Å². The first-order valence-electron chi connectivity index (χ1n) is 3.52. The molecule has 0 spiro atoms. The molecule has 1 heterocycles. The first kappa shape index (κ1) is 11.6. The average Bonchev–Trinajstić information content (AvgIpc) is 2.33. The molecule has 2 rings (SSSR count). The summed E-state index contributed by atoms with van der Waals surface area (Å²) in [7, 11) is 0. The minimum Gasteiger partial charge on any atom is -0.399 e. The van der Waals surface area contributed by atoms with Crippen LogP contribution in [0.25, 0.3) is 0 Å². The van der Waals surface area contributed by atoms with Crippen molar-refractivity contribution in [3.05, 3.63) is 23.5 Å². The third kappa shape index (κ3) is 2.06. The van der Waals surface area contributed by atoms with E-state index in [-0.39, 0.29) is 24.8 Å². The lowest BCUT2D eigenvalue weighted by atomic mass is 9.97. The fraction of sp³-hybridized carbons (Fsp3) is 0.429. The summed E-state index contributed by atoms with van der Waals surface area (Å²) >= 11 is 0. The quantitative estimate of drug-likeness (QED) is 0.551. The fourth-order valence-corrected chi connectivity index (χ4v) is 1.37. The van der Waals surface area contributed by atoms with Crippen molar-refractivity contribution in [2.75, 3.05) is 6.54 Å². The molecule has 0 aromatic rings. The van der Waals surface area contributed by atoms with Gasteiger partial charge in [-0.2, -0.15) is 0 Å². The largest absolute Gasteiger partial charge is 0.399 e. The summed E-state index contributed by atoms with van der Waals surface area (Å²) in [4.78, 5) is 0. The number of nitrogens with one attached hydrogen (secondary N) is 2. The van der Waals surface area contributed by atoms with E-state index in [1.54, 1.807) is 0 Å². The SMILES string of the molecule is Cl.Cl.NC1=CCC2CNNC2=C1. The van der Waals surface area contributed by atoms with Crippen LogP contribution in [-0.4, -0.2) is 6.54 Å². The summed E-state index contributed by atoms with van der Waals surface area (Å²) in [6.07, 6.45) is 5.13. The number of allylic oxidation sites excluding steroid dienone is 2. The van der Waals surface area contributed by atoms with E-state index in [2.05, 4.69) is 16.9 Å². The second-order valence-electron chi connectivity index (χ2n) is 2.74. The van der Waals surface area contributed by atoms with Gasteiger partial charge in [-0.3, -0.25) is 0 Å². The van der Waals surface area contributed by atoms with Crippen LogP contribution >= 0.6 is 24.8 Å². The molecule has 1 atom stereocenters. The number of nitrogens with two attached hydrogens (primary N) is 1. The summed E-state index contributed by atoms with van der Waals surface area (Å²) in [5, 5.41) is 0. The highest BCUT2D eigenvalue weighted by atomic mass is 35.5. The number of hydrogen-bond donors (Lipinski definition) is 3. The predicted octanol–water partition coefficient (Wildman–Crippen LogP) is 0.684. The smallest absolute Gasteiger partial charge is 0.0329 e. The number of hydrazine groups is 1. The molecule has 0 aromatic carbocycles. The van der Waals surface area contributed by atoms with Crippen LogP contribution in [0.1, 0.15) is 6.42 Å². The van der Waals surface area contributed by atoms with Gasteiger partial charge < -0.3 is 11.2 Å². The van der Waals surface area contributed by atoms with Gasteiger partial charge in [0, 0.05) is 23.9 Å². The van der Waals surface area contributed by atoms with Crippen LogP contribution in [0.3, 0.4) is 0 Å². The molecule has 1 unspecified atom stereocenters. The van der Waals surface area contributed by atoms with Gasteiger partial charge >= 0.3 is 0 Å². The summed E-state index contributed by atoms with van der Waals surface area (Å²) in [6.45, 7) is 1.02. The minimum atomic E-state index is 0. The fourth-order valence-electron chi connectivity index (χ4n) is 1.37. The Balaban J connectivity index is 0.000000605. The first-order chi connectivity index (χ1) is 4.86. The van der Waals surface area contributed by atoms with Crippen LogP contribution < -0.4 is 16.6 Å². The minimum absolute atomic E-state index is 0. The van der Waals surface area contributed by atoms with E-state index in [0.717, 1.165) is 18.7 Å². The lowest BCUT2D eigenvalue weighted by molar-refractivity contribution is 0.648. The summed E-state index contributed by atoms with van der Waals surface area (Å²) in [5.41, 5.74) is 13.9. The Morgan fingerprint density at radius 3 is 2.92 bits per heavy atom. The summed E-state index contributed by atoms with van der Waals surface area (Å²) in [5.74, 6) is 0.632. The normalized spacial score (nSPS) is 25.2. The zero-order valence-electron chi connectivity index (χ0n) is 6.54. The van der Waals surface area contributed by atoms with Crippen molar-refractivity contribution >= 4 is 24.8 Å². The van der Waals surface area contributed by atoms with E-state index < -0.39 is 0 Å². The molecule has 1 saturated heterocycles. The first-order valence-corrected chi connectivity index (χ1v) is 3.52. The third-order valence-corrected chi connectivity index (χ3v) is 1.98. The Labute approximate surface area is 84.3 Å². The maximum absolute atomic E-state index is 5.61. The number of hydrogen-bond acceptors (Lipinski definition) is 3. The van der Waals surface area contributed by atoms with Crippen molar-refractivity contribution < 1.29 is 0 Å². The van der Waals surface area contributed by atoms with Gasteiger partial charge in [0.1, 0.15) is 0 Å². The molecule has 3 nitrogen and oxygen atoms in total. The Kier molecular flexibility index (Phi) is 4.45. The highest BCUT2D eigenvalue weighted by molar-refractivity contribution is 5.85. The molecule has 0 saturated carbocycles. The van der Waals surface area contributed by atoms with Gasteiger partial charge in [0.25, 0.3) is 0 Å². The van der Waals surface area contributed by atoms with Gasteiger partial charge in [-0.05, 0) is 12.5 Å². The summed E-state index contributed by atoms with van der Waals surface area (Å²) < 4.78 is 0. The molecular formula is C7H13Cl2N3. The molecule has 0 bridgehead atoms. The number of halogens is 2. The zero-order chi connectivity index (χ0) is 6.97. The molecular weight excluding hydrogens is 197 g/mol. The molecule has 4 N–H and O–H groups in total. The topological polar surface area (TPSA) is 50.1 Å². The average molecular weight is 210 g/mol. The maximum Gasteiger partial charge on any atom is 0.0329 e. The molecule has 5 heteroatoms. The van der Waals surface area contributed by atoms with Crippen LogP contribution in [0.4, 0.5) is 0 Å². The zero-order valence-corrected chi connectivity index (χ0v) is 8.17. The van der Waals surface area contributed by atoms with E-state index in [4.69, 9.17) is 5.73 Å². The van der Waals surface area contributed by atoms with Gasteiger partial charge in [0.05, 0.1) is 0 Å². The van der Waals surface area contributed by atoms with E-state index in [1.165, 1.54) is 5.70 Å². The van der Waals surface area contributed by atoms with Crippen molar-refractivity contribution in [1.82, 2.24) is 10.9 Å². The van der Waals surface area contributed by atoms with E-state index in [0.29, 0.717) is 5.92 Å². The van der Waals surface area contributed by atoms with Crippen molar-refractivity contribution in [2.24, 2.45) is 11.7 Å². The van der Waals surface area contributed by atoms with Crippen LogP contribution in [0.2, 0.25) is 0 Å². The van der Waals surface area contributed by atoms with Gasteiger partial charge in [-0.1, -0.05) is 6.08 Å². The summed E-state index contributed by atoms with van der Waals surface area (Å²) in [6, 6.07) is 0. The van der Waals surface area contributed by atoms with Crippen molar-refractivity contribution in [1.29, 1.82) is 0 Å². The Morgan fingerprint density at radius 1 is 1.42 bits per heavy atom. The lowest BCUT2D eigenvalue weighted by Gasteiger charge is -2.12. The van der Waals surface area contributed by atoms with E-state index >= 15 is 0 Å². The molecule has 12 heavy (non-hydrogen) atoms. The Hall–Kier alpha value is -0.380. The highest BCUT2D eigenvalue weighted by Crippen LogP contribution is 2.21. The molecule has 0 radical (unpaired) electrons. The Bertz CT molecular complexity index is 213. The van der Waals surface area contributed by atoms with Gasteiger partial charge in [-0.25, -0.2) is 5.43 Å². The van der Waals surface area contributed by atoms with Crippen molar-refractivity contribution in [3.8, 4) is 0 Å². The van der Waals surface area contributed by atoms with Crippen LogP contribution in [0, 0.1) is 5.92 Å². The van der Waals surface area contributed by atoms with Crippen LogP contribution in [0.15, 0.2) is 23.5 Å². The molecule has 0 aromatic heterocycles. The second-order valence-corrected chi connectivity index (χ2v) is 2.74. The van der Waals surface area contributed by atoms with Gasteiger partial charge in [-0.15, -0.1) is 24.8 Å². The van der Waals surface area contributed by atoms with Gasteiger partial charge in [0.2, 0.25) is 0 Å². The van der Waals surface area contributed by atoms with E-state index in [1.807, 2.05) is 6.08 Å². The number of rotatable bonds is 0. The number of fused-ring (bicyclic) bond motifs is 1. The lowest BCUT2D eigenvalue weighted by Crippen LogP contribution is -2.20. The highest BCUT2D eigenvalue weighted by Gasteiger charge is 2.21. The molecule has 2 aliphatic rings. The van der Waals surface area contributed by atoms with Crippen LogP contribution in [0.5, 0.6) is 0 Å². The second kappa shape index (κ2) is 4.60. The molecule has 0 amide bonds. The Morgan fingerprint density at radius 2 is 2.17 bits per heavy atom. The molecule has 70 valence electrons. The van der Waals surface area contributed by atoms with Gasteiger partial charge in [0.15, 0.2) is 0 Å². The maximum atomic E-state index is 5.61. The van der Waals surface area contributed by atoms with Crippen molar-refractivity contribution in [2.45, 2.75) is 6.42 Å². The van der Waals surface area contributed by atoms with E-state index in [9.17, 15) is 0 Å². The molecule has 1 aliphatic carbocycles. The monoisotopic (exact) mass is 209 g/mol. The standard InChI is InChI=1S/C7H11N3.2ClH/c8-6-2-1-5-4-9-10-7(5)3-6;;/h2-3,5,9-10H,1,4,8H2;2*1H. The third-order valence-electron chi connectivity index (χ3n) is 1.98.